The van der Waals surface area contributed by atoms with Gasteiger partial charge in [0.25, 0.3) is 5.91 Å². The molecule has 114 valence electrons. The third-order valence-corrected chi connectivity index (χ3v) is 3.71. The lowest BCUT2D eigenvalue weighted by Gasteiger charge is -2.29. The molecule has 0 aromatic carbocycles. The molecule has 1 atom stereocenters. The van der Waals surface area contributed by atoms with Crippen LogP contribution in [0, 0.1) is 5.92 Å². The molecule has 2 N–H and O–H groups in total. The number of ether oxygens (including phenoxy) is 1. The Morgan fingerprint density at radius 2 is 2.05 bits per heavy atom. The first-order valence-electron chi connectivity index (χ1n) is 7.12. The average molecular weight is 292 g/mol. The SMILES string of the molecule is COC(=O)[C@H](NNC(=O)c1cnccn1)C1CCCCC1. The number of rotatable bonds is 5. The zero-order valence-electron chi connectivity index (χ0n) is 12.0. The molecule has 1 aromatic rings. The Kier molecular flexibility index (Phi) is 5.62. The minimum Gasteiger partial charge on any atom is -0.468 e. The normalized spacial score (nSPS) is 17.0. The number of esters is 1. The number of hydrazine groups is 1. The smallest absolute Gasteiger partial charge is 0.324 e. The number of amides is 1. The molecule has 7 nitrogen and oxygen atoms in total. The van der Waals surface area contributed by atoms with Crippen LogP contribution in [0.5, 0.6) is 0 Å². The molecule has 1 heterocycles. The average Bonchev–Trinajstić information content (AvgIpc) is 2.56. The van der Waals surface area contributed by atoms with E-state index < -0.39 is 11.9 Å². The quantitative estimate of drug-likeness (QED) is 0.617. The lowest BCUT2D eigenvalue weighted by molar-refractivity contribution is -0.145. The Labute approximate surface area is 123 Å². The second kappa shape index (κ2) is 7.68. The first kappa shape index (κ1) is 15.4. The molecular formula is C14H20N4O3. The highest BCUT2D eigenvalue weighted by atomic mass is 16.5. The van der Waals surface area contributed by atoms with Gasteiger partial charge in [0, 0.05) is 12.4 Å². The fourth-order valence-corrected chi connectivity index (χ4v) is 2.59. The van der Waals surface area contributed by atoms with Gasteiger partial charge in [0.1, 0.15) is 11.7 Å². The van der Waals surface area contributed by atoms with E-state index in [1.54, 1.807) is 0 Å². The van der Waals surface area contributed by atoms with Gasteiger partial charge in [-0.2, -0.15) is 0 Å². The Morgan fingerprint density at radius 1 is 1.29 bits per heavy atom. The maximum absolute atomic E-state index is 11.9. The summed E-state index contributed by atoms with van der Waals surface area (Å²) in [5.41, 5.74) is 5.51. The van der Waals surface area contributed by atoms with Gasteiger partial charge in [-0.05, 0) is 18.8 Å². The predicted molar refractivity (Wildman–Crippen MR) is 75.0 cm³/mol. The van der Waals surface area contributed by atoms with Crippen LogP contribution in [0.2, 0.25) is 0 Å². The number of carbonyl (C=O) groups excluding carboxylic acids is 2. The Hall–Kier alpha value is -2.02. The maximum Gasteiger partial charge on any atom is 0.324 e. The molecule has 0 unspecified atom stereocenters. The van der Waals surface area contributed by atoms with Crippen molar-refractivity contribution in [3.8, 4) is 0 Å². The first-order valence-corrected chi connectivity index (χ1v) is 7.12. The van der Waals surface area contributed by atoms with Crippen molar-refractivity contribution in [2.75, 3.05) is 7.11 Å². The molecule has 7 heteroatoms. The molecule has 21 heavy (non-hydrogen) atoms. The summed E-state index contributed by atoms with van der Waals surface area (Å²) in [6.45, 7) is 0. The van der Waals surface area contributed by atoms with E-state index in [2.05, 4.69) is 20.8 Å². The van der Waals surface area contributed by atoms with Crippen LogP contribution in [0.3, 0.4) is 0 Å². The predicted octanol–water partition coefficient (Wildman–Crippen LogP) is 0.833. The summed E-state index contributed by atoms with van der Waals surface area (Å²) in [7, 11) is 1.35. The third kappa shape index (κ3) is 4.22. The van der Waals surface area contributed by atoms with Gasteiger partial charge < -0.3 is 4.74 Å². The first-order chi connectivity index (χ1) is 10.2. The molecule has 1 saturated carbocycles. The summed E-state index contributed by atoms with van der Waals surface area (Å²) in [6.07, 6.45) is 9.58. The number of nitrogens with zero attached hydrogens (tertiary/aromatic N) is 2. The van der Waals surface area contributed by atoms with Gasteiger partial charge >= 0.3 is 5.97 Å². The minimum absolute atomic E-state index is 0.174. The van der Waals surface area contributed by atoms with Gasteiger partial charge in [0.05, 0.1) is 13.3 Å². The van der Waals surface area contributed by atoms with Crippen molar-refractivity contribution in [3.05, 3.63) is 24.3 Å². The van der Waals surface area contributed by atoms with Crippen LogP contribution >= 0.6 is 0 Å². The zero-order chi connectivity index (χ0) is 15.1. The van der Waals surface area contributed by atoms with Crippen LogP contribution in [0.25, 0.3) is 0 Å². The molecule has 1 aliphatic carbocycles. The molecule has 1 amide bonds. The van der Waals surface area contributed by atoms with E-state index in [0.29, 0.717) is 0 Å². The summed E-state index contributed by atoms with van der Waals surface area (Å²) in [5.74, 6) is -0.609. The lowest BCUT2D eigenvalue weighted by Crippen LogP contribution is -2.52. The van der Waals surface area contributed by atoms with Gasteiger partial charge in [-0.1, -0.05) is 19.3 Å². The molecule has 0 saturated heterocycles. The molecule has 1 fully saturated rings. The highest BCUT2D eigenvalue weighted by molar-refractivity contribution is 5.91. The van der Waals surface area contributed by atoms with Crippen LogP contribution in [-0.4, -0.2) is 35.0 Å². The summed E-state index contributed by atoms with van der Waals surface area (Å²) < 4.78 is 4.82. The highest BCUT2D eigenvalue weighted by Gasteiger charge is 2.30. The molecule has 0 bridgehead atoms. The van der Waals surface area contributed by atoms with Crippen LogP contribution < -0.4 is 10.9 Å². The molecule has 0 spiro atoms. The van der Waals surface area contributed by atoms with Crippen molar-refractivity contribution < 1.29 is 14.3 Å². The Morgan fingerprint density at radius 3 is 2.67 bits per heavy atom. The summed E-state index contributed by atoms with van der Waals surface area (Å²) >= 11 is 0. The second-order valence-electron chi connectivity index (χ2n) is 5.09. The van der Waals surface area contributed by atoms with E-state index in [1.165, 1.54) is 32.1 Å². The van der Waals surface area contributed by atoms with Crippen LogP contribution in [-0.2, 0) is 9.53 Å². The van der Waals surface area contributed by atoms with E-state index in [9.17, 15) is 9.59 Å². The number of hydrogen-bond acceptors (Lipinski definition) is 6. The van der Waals surface area contributed by atoms with Crippen molar-refractivity contribution in [3.63, 3.8) is 0 Å². The summed E-state index contributed by atoms with van der Waals surface area (Å²) in [4.78, 5) is 31.5. The minimum atomic E-state index is -0.532. The lowest BCUT2D eigenvalue weighted by atomic mass is 9.84. The molecule has 1 aliphatic rings. The Bertz CT molecular complexity index is 474. The highest BCUT2D eigenvalue weighted by Crippen LogP contribution is 2.26. The summed E-state index contributed by atoms with van der Waals surface area (Å²) in [5, 5.41) is 0. The number of nitrogens with one attached hydrogen (secondary N) is 2. The standard InChI is InChI=1S/C14H20N4O3/c1-21-14(20)12(10-5-3-2-4-6-10)17-18-13(19)11-9-15-7-8-16-11/h7-10,12,17H,2-6H2,1H3,(H,18,19)/t12-/m1/s1. The van der Waals surface area contributed by atoms with E-state index in [4.69, 9.17) is 4.74 Å². The topological polar surface area (TPSA) is 93.2 Å². The van der Waals surface area contributed by atoms with E-state index >= 15 is 0 Å². The number of hydrogen-bond donors (Lipinski definition) is 2. The molecule has 1 aromatic heterocycles. The van der Waals surface area contributed by atoms with Gasteiger partial charge in [0.2, 0.25) is 0 Å². The molecule has 0 radical (unpaired) electrons. The van der Waals surface area contributed by atoms with Gasteiger partial charge in [0.15, 0.2) is 0 Å². The molecule has 2 rings (SSSR count). The maximum atomic E-state index is 11.9. The fourth-order valence-electron chi connectivity index (χ4n) is 2.59. The van der Waals surface area contributed by atoms with E-state index in [0.717, 1.165) is 25.7 Å². The number of methoxy groups -OCH3 is 1. The van der Waals surface area contributed by atoms with Crippen molar-refractivity contribution in [2.24, 2.45) is 5.92 Å². The van der Waals surface area contributed by atoms with Crippen LogP contribution in [0.1, 0.15) is 42.6 Å². The van der Waals surface area contributed by atoms with Crippen molar-refractivity contribution >= 4 is 11.9 Å². The third-order valence-electron chi connectivity index (χ3n) is 3.71. The monoisotopic (exact) mass is 292 g/mol. The van der Waals surface area contributed by atoms with Crippen molar-refractivity contribution in [1.82, 2.24) is 20.8 Å². The van der Waals surface area contributed by atoms with Crippen LogP contribution in [0.4, 0.5) is 0 Å². The van der Waals surface area contributed by atoms with Crippen LogP contribution in [0.15, 0.2) is 18.6 Å². The number of carbonyl (C=O) groups is 2. The second-order valence-corrected chi connectivity index (χ2v) is 5.09. The zero-order valence-corrected chi connectivity index (χ0v) is 12.0. The molecule has 0 aliphatic heterocycles. The van der Waals surface area contributed by atoms with E-state index in [-0.39, 0.29) is 17.6 Å². The van der Waals surface area contributed by atoms with Gasteiger partial charge in [-0.3, -0.25) is 20.0 Å². The Balaban J connectivity index is 1.95. The molecular weight excluding hydrogens is 272 g/mol. The fraction of sp³-hybridized carbons (Fsp3) is 0.571. The summed E-state index contributed by atoms with van der Waals surface area (Å²) in [6, 6.07) is -0.532. The van der Waals surface area contributed by atoms with E-state index in [1.807, 2.05) is 0 Å². The van der Waals surface area contributed by atoms with Crippen molar-refractivity contribution in [1.29, 1.82) is 0 Å². The largest absolute Gasteiger partial charge is 0.468 e. The van der Waals surface area contributed by atoms with Crippen molar-refractivity contribution in [2.45, 2.75) is 38.1 Å². The number of aromatic nitrogens is 2. The van der Waals surface area contributed by atoms with Gasteiger partial charge in [-0.25, -0.2) is 10.4 Å². The van der Waals surface area contributed by atoms with Gasteiger partial charge in [-0.15, -0.1) is 0 Å².